The molecule has 2 N–H and O–H groups in total. The summed E-state index contributed by atoms with van der Waals surface area (Å²) >= 11 is 3.53. The molecule has 2 heterocycles. The molecule has 2 fully saturated rings. The predicted octanol–water partition coefficient (Wildman–Crippen LogP) is 5.11. The molecule has 4 unspecified atom stereocenters. The van der Waals surface area contributed by atoms with Gasteiger partial charge in [-0.05, 0) is 63.2 Å². The number of fused-ring (bicyclic) bond motifs is 1. The molecule has 214 valence electrons. The highest BCUT2D eigenvalue weighted by molar-refractivity contribution is 9.10. The highest BCUT2D eigenvalue weighted by atomic mass is 79.9. The van der Waals surface area contributed by atoms with Crippen molar-refractivity contribution in [3.05, 3.63) is 87.4 Å². The number of rotatable bonds is 9. The van der Waals surface area contributed by atoms with Crippen LogP contribution in [0.1, 0.15) is 42.1 Å². The first kappa shape index (κ1) is 28.8. The van der Waals surface area contributed by atoms with Gasteiger partial charge in [-0.1, -0.05) is 62.4 Å². The van der Waals surface area contributed by atoms with Crippen molar-refractivity contribution >= 4 is 39.4 Å². The van der Waals surface area contributed by atoms with Gasteiger partial charge in [-0.3, -0.25) is 19.7 Å². The van der Waals surface area contributed by atoms with Crippen LogP contribution in [0.4, 0.5) is 5.69 Å². The number of hydrogen-bond donors (Lipinski definition) is 2. The second kappa shape index (κ2) is 11.3. The summed E-state index contributed by atoms with van der Waals surface area (Å²) < 4.78 is 11.6. The molecule has 0 bridgehead atoms. The number of benzene rings is 3. The number of ether oxygens (including phenoxy) is 2. The number of aryl methyl sites for hydroxylation is 2. The number of halogens is 1. The second-order valence-corrected chi connectivity index (χ2v) is 11.3. The number of imide groups is 1. The molecule has 8 nitrogen and oxygen atoms in total. The average Bonchev–Trinajstić information content (AvgIpc) is 3.45. The molecule has 0 radical (unpaired) electrons. The minimum Gasteiger partial charge on any atom is -0.493 e. The molecule has 0 saturated carbocycles. The van der Waals surface area contributed by atoms with Gasteiger partial charge < -0.3 is 14.6 Å². The standard InChI is InChI=1S/C32H33BrN2O6/c1-5-19-13-10-14-20(6-2)27(19)35-29(36)24-25(30(35)37)32(31(38)39,17-18-11-8-7-9-12-18)34-26(24)21-15-22(33)28(41-4)23(16-21)40-3/h7-16,24-26,34H,5-6,17H2,1-4H3,(H,38,39). The number of carbonyl (C=O) groups excluding carboxylic acids is 2. The van der Waals surface area contributed by atoms with Gasteiger partial charge in [0.2, 0.25) is 11.8 Å². The molecule has 3 aromatic carbocycles. The summed E-state index contributed by atoms with van der Waals surface area (Å²) in [6.45, 7) is 3.96. The van der Waals surface area contributed by atoms with E-state index in [0.717, 1.165) is 16.7 Å². The number of carboxylic acid groups (broad SMARTS) is 1. The van der Waals surface area contributed by atoms with Gasteiger partial charge in [0, 0.05) is 12.5 Å². The Morgan fingerprint density at radius 2 is 1.63 bits per heavy atom. The van der Waals surface area contributed by atoms with Crippen LogP contribution in [0, 0.1) is 11.8 Å². The Hall–Kier alpha value is -3.69. The molecule has 0 aliphatic carbocycles. The van der Waals surface area contributed by atoms with Crippen LogP contribution in [0.5, 0.6) is 11.5 Å². The fourth-order valence-corrected chi connectivity index (χ4v) is 7.10. The minimum absolute atomic E-state index is 0.0260. The van der Waals surface area contributed by atoms with E-state index in [0.29, 0.717) is 40.1 Å². The lowest BCUT2D eigenvalue weighted by Crippen LogP contribution is -2.57. The molecule has 2 aliphatic rings. The largest absolute Gasteiger partial charge is 0.493 e. The van der Waals surface area contributed by atoms with Gasteiger partial charge in [0.15, 0.2) is 11.5 Å². The summed E-state index contributed by atoms with van der Waals surface area (Å²) in [4.78, 5) is 43.5. The molecule has 9 heteroatoms. The Bertz CT molecular complexity index is 1490. The number of anilines is 1. The highest BCUT2D eigenvalue weighted by Crippen LogP contribution is 2.53. The lowest BCUT2D eigenvalue weighted by atomic mass is 9.76. The minimum atomic E-state index is -1.73. The maximum atomic E-state index is 14.5. The summed E-state index contributed by atoms with van der Waals surface area (Å²) in [5.41, 5.74) is 1.95. The molecule has 0 aromatic heterocycles. The molecule has 0 spiro atoms. The Kier molecular flexibility index (Phi) is 7.94. The van der Waals surface area contributed by atoms with E-state index in [1.54, 1.807) is 12.1 Å². The molecule has 3 aromatic rings. The lowest BCUT2D eigenvalue weighted by molar-refractivity contribution is -0.148. The van der Waals surface area contributed by atoms with E-state index in [1.165, 1.54) is 19.1 Å². The number of carbonyl (C=O) groups is 3. The van der Waals surface area contributed by atoms with Crippen LogP contribution in [0.25, 0.3) is 0 Å². The van der Waals surface area contributed by atoms with Crippen molar-refractivity contribution in [2.75, 3.05) is 19.1 Å². The van der Waals surface area contributed by atoms with E-state index in [9.17, 15) is 19.5 Å². The van der Waals surface area contributed by atoms with Crippen LogP contribution in [-0.2, 0) is 33.6 Å². The quantitative estimate of drug-likeness (QED) is 0.320. The predicted molar refractivity (Wildman–Crippen MR) is 158 cm³/mol. The Labute approximate surface area is 247 Å². The van der Waals surface area contributed by atoms with Crippen molar-refractivity contribution in [3.8, 4) is 11.5 Å². The van der Waals surface area contributed by atoms with Gasteiger partial charge in [-0.2, -0.15) is 0 Å². The SMILES string of the molecule is CCc1cccc(CC)c1N1C(=O)C2C(c3cc(Br)c(OC)c(OC)c3)NC(Cc3ccccc3)(C(=O)O)C2C1=O. The fraction of sp³-hybridized carbons (Fsp3) is 0.344. The number of hydrogen-bond acceptors (Lipinski definition) is 6. The first-order valence-electron chi connectivity index (χ1n) is 13.7. The number of nitrogens with zero attached hydrogens (tertiary/aromatic N) is 1. The topological polar surface area (TPSA) is 105 Å². The molecule has 2 amide bonds. The van der Waals surface area contributed by atoms with Crippen molar-refractivity contribution in [1.82, 2.24) is 5.32 Å². The molecular weight excluding hydrogens is 588 g/mol. The van der Waals surface area contributed by atoms with Gasteiger partial charge in [0.1, 0.15) is 5.54 Å². The number of carboxylic acids is 1. The Balaban J connectivity index is 1.73. The monoisotopic (exact) mass is 620 g/mol. The Morgan fingerprint density at radius 1 is 0.976 bits per heavy atom. The number of methoxy groups -OCH3 is 2. The zero-order valence-corrected chi connectivity index (χ0v) is 25.0. The van der Waals surface area contributed by atoms with E-state index in [4.69, 9.17) is 9.47 Å². The number of aliphatic carboxylic acids is 1. The van der Waals surface area contributed by atoms with Crippen molar-refractivity contribution in [1.29, 1.82) is 0 Å². The summed E-state index contributed by atoms with van der Waals surface area (Å²) in [5, 5.41) is 14.1. The van der Waals surface area contributed by atoms with Gasteiger partial charge >= 0.3 is 5.97 Å². The lowest BCUT2D eigenvalue weighted by Gasteiger charge is -2.32. The third-order valence-electron chi connectivity index (χ3n) is 8.37. The van der Waals surface area contributed by atoms with Crippen molar-refractivity contribution in [2.45, 2.75) is 44.7 Å². The normalized spacial score (nSPS) is 23.5. The van der Waals surface area contributed by atoms with Crippen LogP contribution in [0.3, 0.4) is 0 Å². The fourth-order valence-electron chi connectivity index (χ4n) is 6.48. The zero-order valence-electron chi connectivity index (χ0n) is 23.4. The Morgan fingerprint density at radius 3 is 2.20 bits per heavy atom. The van der Waals surface area contributed by atoms with E-state index in [1.807, 2.05) is 62.4 Å². The van der Waals surface area contributed by atoms with E-state index in [2.05, 4.69) is 21.2 Å². The second-order valence-electron chi connectivity index (χ2n) is 10.4. The maximum Gasteiger partial charge on any atom is 0.325 e. The van der Waals surface area contributed by atoms with Crippen molar-refractivity contribution < 1.29 is 29.0 Å². The smallest absolute Gasteiger partial charge is 0.325 e. The van der Waals surface area contributed by atoms with Crippen molar-refractivity contribution in [3.63, 3.8) is 0 Å². The molecule has 5 rings (SSSR count). The highest BCUT2D eigenvalue weighted by Gasteiger charge is 2.69. The molecular formula is C32H33BrN2O6. The number of amides is 2. The average molecular weight is 622 g/mol. The van der Waals surface area contributed by atoms with Gasteiger partial charge in [0.05, 0.1) is 36.2 Å². The zero-order chi connectivity index (χ0) is 29.5. The van der Waals surface area contributed by atoms with Crippen LogP contribution in [0.2, 0.25) is 0 Å². The number of nitrogens with one attached hydrogen (secondary N) is 1. The van der Waals surface area contributed by atoms with Gasteiger partial charge in [-0.25, -0.2) is 4.90 Å². The third kappa shape index (κ3) is 4.61. The summed E-state index contributed by atoms with van der Waals surface area (Å²) in [5.74, 6) is -3.29. The molecule has 2 saturated heterocycles. The van der Waals surface area contributed by atoms with E-state index < -0.39 is 41.2 Å². The van der Waals surface area contributed by atoms with Gasteiger partial charge in [-0.15, -0.1) is 0 Å². The van der Waals surface area contributed by atoms with Crippen LogP contribution in [0.15, 0.2) is 65.1 Å². The maximum absolute atomic E-state index is 14.5. The van der Waals surface area contributed by atoms with E-state index in [-0.39, 0.29) is 6.42 Å². The van der Waals surface area contributed by atoms with Crippen molar-refractivity contribution in [2.24, 2.45) is 11.8 Å². The molecule has 41 heavy (non-hydrogen) atoms. The third-order valence-corrected chi connectivity index (χ3v) is 8.95. The molecule has 2 aliphatic heterocycles. The van der Waals surface area contributed by atoms with Crippen LogP contribution in [-0.4, -0.2) is 42.6 Å². The first-order chi connectivity index (χ1) is 19.7. The summed E-state index contributed by atoms with van der Waals surface area (Å²) in [6.07, 6.45) is 1.26. The summed E-state index contributed by atoms with van der Waals surface area (Å²) in [7, 11) is 3.03. The van der Waals surface area contributed by atoms with E-state index >= 15 is 0 Å². The van der Waals surface area contributed by atoms with Crippen LogP contribution < -0.4 is 19.7 Å². The van der Waals surface area contributed by atoms with Crippen LogP contribution >= 0.6 is 15.9 Å². The number of para-hydroxylation sites is 1. The summed E-state index contributed by atoms with van der Waals surface area (Å²) in [6, 6.07) is 17.7. The molecule has 4 atom stereocenters. The van der Waals surface area contributed by atoms with Gasteiger partial charge in [0.25, 0.3) is 0 Å². The first-order valence-corrected chi connectivity index (χ1v) is 14.5.